The van der Waals surface area contributed by atoms with Gasteiger partial charge in [0.1, 0.15) is 0 Å². The predicted octanol–water partition coefficient (Wildman–Crippen LogP) is 1.68. The SMILES string of the molecule is CNc1nc(NCCC2CCCO2)nc(OC(C)C)n1. The van der Waals surface area contributed by atoms with Crippen LogP contribution in [-0.2, 0) is 4.74 Å². The summed E-state index contributed by atoms with van der Waals surface area (Å²) in [5.41, 5.74) is 0. The van der Waals surface area contributed by atoms with Gasteiger partial charge in [-0.2, -0.15) is 15.0 Å². The van der Waals surface area contributed by atoms with Gasteiger partial charge in [0.25, 0.3) is 0 Å². The van der Waals surface area contributed by atoms with E-state index in [9.17, 15) is 0 Å². The molecule has 0 radical (unpaired) electrons. The highest BCUT2D eigenvalue weighted by Crippen LogP contribution is 2.16. The summed E-state index contributed by atoms with van der Waals surface area (Å²) in [5, 5.41) is 6.10. The Morgan fingerprint density at radius 2 is 2.10 bits per heavy atom. The standard InChI is InChI=1S/C13H23N5O2/c1-9(2)20-13-17-11(14-3)16-12(18-13)15-7-6-10-5-4-8-19-10/h9-10H,4-8H2,1-3H3,(H2,14,15,16,17,18). The van der Waals surface area contributed by atoms with Crippen molar-refractivity contribution in [3.05, 3.63) is 0 Å². The minimum atomic E-state index is 0.0295. The van der Waals surface area contributed by atoms with E-state index in [0.29, 0.717) is 24.0 Å². The Balaban J connectivity index is 1.91. The predicted molar refractivity (Wildman–Crippen MR) is 77.2 cm³/mol. The Labute approximate surface area is 119 Å². The van der Waals surface area contributed by atoms with Crippen molar-refractivity contribution in [2.75, 3.05) is 30.8 Å². The molecule has 112 valence electrons. The zero-order chi connectivity index (χ0) is 14.4. The molecule has 2 heterocycles. The van der Waals surface area contributed by atoms with Crippen LogP contribution in [0.2, 0.25) is 0 Å². The number of hydrogen-bond donors (Lipinski definition) is 2. The van der Waals surface area contributed by atoms with Crippen LogP contribution in [0, 0.1) is 0 Å². The average molecular weight is 281 g/mol. The lowest BCUT2D eigenvalue weighted by atomic mass is 10.2. The monoisotopic (exact) mass is 281 g/mol. The van der Waals surface area contributed by atoms with Gasteiger partial charge in [-0.15, -0.1) is 0 Å². The maximum atomic E-state index is 5.58. The summed E-state index contributed by atoms with van der Waals surface area (Å²) in [6, 6.07) is 0.332. The first kappa shape index (κ1) is 14.8. The van der Waals surface area contributed by atoms with Gasteiger partial charge in [0.15, 0.2) is 0 Å². The van der Waals surface area contributed by atoms with Crippen LogP contribution in [0.5, 0.6) is 6.01 Å². The molecule has 7 heteroatoms. The first-order valence-corrected chi connectivity index (χ1v) is 7.13. The Bertz CT molecular complexity index is 421. The van der Waals surface area contributed by atoms with E-state index >= 15 is 0 Å². The van der Waals surface area contributed by atoms with Crippen LogP contribution in [0.1, 0.15) is 33.1 Å². The van der Waals surface area contributed by atoms with E-state index in [1.165, 1.54) is 0 Å². The Hall–Kier alpha value is -1.63. The molecule has 1 atom stereocenters. The minimum absolute atomic E-state index is 0.0295. The Morgan fingerprint density at radius 1 is 1.30 bits per heavy atom. The molecule has 1 aliphatic heterocycles. The molecule has 1 saturated heterocycles. The third kappa shape index (κ3) is 4.48. The fourth-order valence-electron chi connectivity index (χ4n) is 2.03. The van der Waals surface area contributed by atoms with Gasteiger partial charge >= 0.3 is 6.01 Å². The van der Waals surface area contributed by atoms with Crippen molar-refractivity contribution in [2.24, 2.45) is 0 Å². The maximum Gasteiger partial charge on any atom is 0.323 e. The highest BCUT2D eigenvalue weighted by atomic mass is 16.5. The van der Waals surface area contributed by atoms with Crippen LogP contribution in [-0.4, -0.2) is 47.4 Å². The van der Waals surface area contributed by atoms with Crippen molar-refractivity contribution in [1.82, 2.24) is 15.0 Å². The molecule has 7 nitrogen and oxygen atoms in total. The second kappa shape index (κ2) is 7.23. The molecular formula is C13H23N5O2. The molecule has 1 fully saturated rings. The number of ether oxygens (including phenoxy) is 2. The summed E-state index contributed by atoms with van der Waals surface area (Å²) >= 11 is 0. The second-order valence-corrected chi connectivity index (χ2v) is 5.03. The van der Waals surface area contributed by atoms with Gasteiger partial charge in [0.2, 0.25) is 11.9 Å². The van der Waals surface area contributed by atoms with Gasteiger partial charge in [-0.05, 0) is 33.1 Å². The fraction of sp³-hybridized carbons (Fsp3) is 0.769. The van der Waals surface area contributed by atoms with Gasteiger partial charge in [-0.25, -0.2) is 0 Å². The normalized spacial score (nSPS) is 18.3. The summed E-state index contributed by atoms with van der Waals surface area (Å²) in [6.07, 6.45) is 3.65. The van der Waals surface area contributed by atoms with Crippen LogP contribution in [0.4, 0.5) is 11.9 Å². The molecule has 0 bridgehead atoms. The van der Waals surface area contributed by atoms with Crippen molar-refractivity contribution < 1.29 is 9.47 Å². The molecule has 0 aliphatic carbocycles. The molecular weight excluding hydrogens is 258 g/mol. The number of rotatable bonds is 7. The van der Waals surface area contributed by atoms with Crippen molar-refractivity contribution in [3.8, 4) is 6.01 Å². The van der Waals surface area contributed by atoms with Gasteiger partial charge in [-0.3, -0.25) is 0 Å². The molecule has 1 aliphatic rings. The van der Waals surface area contributed by atoms with Crippen LogP contribution in [0.3, 0.4) is 0 Å². The molecule has 20 heavy (non-hydrogen) atoms. The Kier molecular flexibility index (Phi) is 5.34. The van der Waals surface area contributed by atoms with Crippen molar-refractivity contribution in [3.63, 3.8) is 0 Å². The Morgan fingerprint density at radius 3 is 2.75 bits per heavy atom. The molecule has 0 spiro atoms. The summed E-state index contributed by atoms with van der Waals surface area (Å²) in [7, 11) is 1.77. The molecule has 0 aromatic carbocycles. The second-order valence-electron chi connectivity index (χ2n) is 5.03. The molecule has 0 saturated carbocycles. The summed E-state index contributed by atoms with van der Waals surface area (Å²) in [6.45, 7) is 5.53. The highest BCUT2D eigenvalue weighted by molar-refractivity contribution is 5.35. The van der Waals surface area contributed by atoms with Gasteiger partial charge < -0.3 is 20.1 Å². The summed E-state index contributed by atoms with van der Waals surface area (Å²) in [4.78, 5) is 12.7. The van der Waals surface area contributed by atoms with E-state index < -0.39 is 0 Å². The van der Waals surface area contributed by atoms with Crippen LogP contribution in [0.15, 0.2) is 0 Å². The zero-order valence-corrected chi connectivity index (χ0v) is 12.3. The topological polar surface area (TPSA) is 81.2 Å². The number of anilines is 2. The number of nitrogens with zero attached hydrogens (tertiary/aromatic N) is 3. The number of nitrogens with one attached hydrogen (secondary N) is 2. The van der Waals surface area contributed by atoms with E-state index in [1.54, 1.807) is 7.05 Å². The molecule has 1 unspecified atom stereocenters. The third-order valence-electron chi connectivity index (χ3n) is 2.95. The first-order chi connectivity index (χ1) is 9.67. The fourth-order valence-corrected chi connectivity index (χ4v) is 2.03. The van der Waals surface area contributed by atoms with E-state index in [2.05, 4.69) is 25.6 Å². The van der Waals surface area contributed by atoms with E-state index in [0.717, 1.165) is 32.4 Å². The molecule has 1 aromatic heterocycles. The molecule has 1 aromatic rings. The molecule has 0 amide bonds. The van der Waals surface area contributed by atoms with Crippen LogP contribution >= 0.6 is 0 Å². The van der Waals surface area contributed by atoms with Crippen molar-refractivity contribution in [2.45, 2.75) is 45.3 Å². The number of hydrogen-bond acceptors (Lipinski definition) is 7. The lowest BCUT2D eigenvalue weighted by Gasteiger charge is -2.12. The summed E-state index contributed by atoms with van der Waals surface area (Å²) < 4.78 is 11.1. The smallest absolute Gasteiger partial charge is 0.323 e. The quantitative estimate of drug-likeness (QED) is 0.787. The lowest BCUT2D eigenvalue weighted by Crippen LogP contribution is -2.16. The maximum absolute atomic E-state index is 5.58. The molecule has 2 N–H and O–H groups in total. The zero-order valence-electron chi connectivity index (χ0n) is 12.3. The van der Waals surface area contributed by atoms with E-state index in [4.69, 9.17) is 9.47 Å². The van der Waals surface area contributed by atoms with E-state index in [-0.39, 0.29) is 6.10 Å². The van der Waals surface area contributed by atoms with E-state index in [1.807, 2.05) is 13.8 Å². The first-order valence-electron chi connectivity index (χ1n) is 7.13. The van der Waals surface area contributed by atoms with Gasteiger partial charge in [-0.1, -0.05) is 0 Å². The van der Waals surface area contributed by atoms with Gasteiger partial charge in [0.05, 0.1) is 12.2 Å². The van der Waals surface area contributed by atoms with Gasteiger partial charge in [0, 0.05) is 20.2 Å². The largest absolute Gasteiger partial charge is 0.461 e. The van der Waals surface area contributed by atoms with Crippen molar-refractivity contribution >= 4 is 11.9 Å². The van der Waals surface area contributed by atoms with Crippen LogP contribution < -0.4 is 15.4 Å². The van der Waals surface area contributed by atoms with Crippen LogP contribution in [0.25, 0.3) is 0 Å². The van der Waals surface area contributed by atoms with Crippen molar-refractivity contribution in [1.29, 1.82) is 0 Å². The highest BCUT2D eigenvalue weighted by Gasteiger charge is 2.15. The number of aromatic nitrogens is 3. The minimum Gasteiger partial charge on any atom is -0.461 e. The summed E-state index contributed by atoms with van der Waals surface area (Å²) in [5.74, 6) is 1.02. The third-order valence-corrected chi connectivity index (χ3v) is 2.95. The lowest BCUT2D eigenvalue weighted by molar-refractivity contribution is 0.107. The average Bonchev–Trinajstić information content (AvgIpc) is 2.91. The molecule has 2 rings (SSSR count).